The van der Waals surface area contributed by atoms with Crippen molar-refractivity contribution in [3.05, 3.63) is 65.2 Å². The number of nitrogens with two attached hydrogens (primary N) is 1. The highest BCUT2D eigenvalue weighted by Gasteiger charge is 2.32. The number of thioether (sulfide) groups is 1. The topological polar surface area (TPSA) is 56.4 Å². The maximum Gasteiger partial charge on any atom is 0.416 e. The Kier molecular flexibility index (Phi) is 6.51. The van der Waals surface area contributed by atoms with Gasteiger partial charge in [-0.05, 0) is 23.3 Å². The molecule has 1 aliphatic heterocycles. The monoisotopic (exact) mass is 408 g/mol. The summed E-state index contributed by atoms with van der Waals surface area (Å²) in [5.74, 6) is 0.365. The zero-order valence-corrected chi connectivity index (χ0v) is 16.2. The first-order valence-electron chi connectivity index (χ1n) is 9.01. The second kappa shape index (κ2) is 8.87. The summed E-state index contributed by atoms with van der Waals surface area (Å²) < 4.78 is 39.6. The molecular formula is C20H23F3N4S. The van der Waals surface area contributed by atoms with Crippen LogP contribution in [0.4, 0.5) is 13.2 Å². The van der Waals surface area contributed by atoms with Crippen LogP contribution in [-0.4, -0.2) is 41.9 Å². The molecule has 0 radical (unpaired) electrons. The van der Waals surface area contributed by atoms with E-state index in [1.54, 1.807) is 12.1 Å². The highest BCUT2D eigenvalue weighted by atomic mass is 32.2. The normalized spacial score (nSPS) is 15.6. The van der Waals surface area contributed by atoms with Crippen molar-refractivity contribution in [2.75, 3.05) is 26.2 Å². The molecule has 150 valence electrons. The van der Waals surface area contributed by atoms with Gasteiger partial charge in [-0.25, -0.2) is 0 Å². The van der Waals surface area contributed by atoms with Crippen LogP contribution in [0.3, 0.4) is 0 Å². The first-order chi connectivity index (χ1) is 13.3. The fourth-order valence-electron chi connectivity index (χ4n) is 3.24. The van der Waals surface area contributed by atoms with Crippen LogP contribution in [0.25, 0.3) is 0 Å². The van der Waals surface area contributed by atoms with Gasteiger partial charge in [0.05, 0.1) is 5.56 Å². The lowest BCUT2D eigenvalue weighted by molar-refractivity contribution is -0.138. The summed E-state index contributed by atoms with van der Waals surface area (Å²) >= 11 is 1.43. The Morgan fingerprint density at radius 1 is 0.964 bits per heavy atom. The molecule has 3 N–H and O–H groups in total. The fourth-order valence-corrected chi connectivity index (χ4v) is 4.30. The molecule has 8 heteroatoms. The molecule has 0 unspecified atom stereocenters. The van der Waals surface area contributed by atoms with Crippen molar-refractivity contribution in [3.63, 3.8) is 0 Å². The quantitative estimate of drug-likeness (QED) is 0.446. The Morgan fingerprint density at radius 3 is 2.21 bits per heavy atom. The number of alkyl halides is 3. The molecule has 1 heterocycles. The smallest absolute Gasteiger partial charge is 0.370 e. The van der Waals surface area contributed by atoms with Gasteiger partial charge >= 0.3 is 6.18 Å². The van der Waals surface area contributed by atoms with Crippen molar-refractivity contribution in [2.24, 2.45) is 5.73 Å². The van der Waals surface area contributed by atoms with Gasteiger partial charge in [0.1, 0.15) is 0 Å². The number of hydrogen-bond donors (Lipinski definition) is 2. The van der Waals surface area contributed by atoms with Gasteiger partial charge in [-0.1, -0.05) is 36.4 Å². The zero-order chi connectivity index (χ0) is 20.1. The van der Waals surface area contributed by atoms with Crippen molar-refractivity contribution in [2.45, 2.75) is 23.4 Å². The highest BCUT2D eigenvalue weighted by molar-refractivity contribution is 7.98. The number of hydrogen-bond acceptors (Lipinski definition) is 3. The maximum atomic E-state index is 13.2. The van der Waals surface area contributed by atoms with Crippen molar-refractivity contribution in [3.8, 4) is 0 Å². The van der Waals surface area contributed by atoms with Gasteiger partial charge in [-0.2, -0.15) is 13.2 Å². The first-order valence-corrected chi connectivity index (χ1v) is 10.0. The third-order valence-electron chi connectivity index (χ3n) is 4.79. The predicted octanol–water partition coefficient (Wildman–Crippen LogP) is 4.01. The van der Waals surface area contributed by atoms with Gasteiger partial charge in [-0.15, -0.1) is 11.8 Å². The summed E-state index contributed by atoms with van der Waals surface area (Å²) in [6.07, 6.45) is -4.34. The van der Waals surface area contributed by atoms with Gasteiger partial charge in [-0.3, -0.25) is 10.3 Å². The van der Waals surface area contributed by atoms with E-state index in [0.29, 0.717) is 18.7 Å². The van der Waals surface area contributed by atoms with Crippen LogP contribution in [0.2, 0.25) is 0 Å². The third kappa shape index (κ3) is 5.20. The van der Waals surface area contributed by atoms with Crippen LogP contribution in [0, 0.1) is 5.41 Å². The van der Waals surface area contributed by atoms with Gasteiger partial charge in [0, 0.05) is 43.4 Å². The number of nitrogens with zero attached hydrogens (tertiary/aromatic N) is 2. The lowest BCUT2D eigenvalue weighted by Gasteiger charge is -2.35. The zero-order valence-electron chi connectivity index (χ0n) is 15.4. The molecule has 0 aromatic heterocycles. The molecule has 4 nitrogen and oxygen atoms in total. The number of rotatable bonds is 5. The van der Waals surface area contributed by atoms with E-state index < -0.39 is 11.7 Å². The minimum Gasteiger partial charge on any atom is -0.370 e. The van der Waals surface area contributed by atoms with Crippen LogP contribution in [0.1, 0.15) is 16.7 Å². The standard InChI is InChI=1S/C20H23F3N4S/c21-20(22,23)17-7-3-1-6-16(17)14-28-18-8-4-2-5-15(18)13-26-9-11-27(12-10-26)19(24)25/h1-8H,9-14H2,(H3,24,25). The van der Waals surface area contributed by atoms with E-state index in [-0.39, 0.29) is 11.7 Å². The molecule has 28 heavy (non-hydrogen) atoms. The minimum atomic E-state index is -4.34. The molecule has 0 aliphatic carbocycles. The Labute approximate surface area is 167 Å². The van der Waals surface area contributed by atoms with Crippen molar-refractivity contribution in [1.82, 2.24) is 9.80 Å². The van der Waals surface area contributed by atoms with E-state index in [0.717, 1.165) is 36.2 Å². The lowest BCUT2D eigenvalue weighted by atomic mass is 10.1. The Hall–Kier alpha value is -2.19. The van der Waals surface area contributed by atoms with Gasteiger partial charge in [0.25, 0.3) is 0 Å². The molecule has 3 rings (SSSR count). The molecule has 0 bridgehead atoms. The molecule has 2 aromatic carbocycles. The van der Waals surface area contributed by atoms with Crippen molar-refractivity contribution in [1.29, 1.82) is 5.41 Å². The average Bonchev–Trinajstić information content (AvgIpc) is 2.67. The average molecular weight is 408 g/mol. The molecular weight excluding hydrogens is 385 g/mol. The van der Waals surface area contributed by atoms with E-state index in [2.05, 4.69) is 4.90 Å². The summed E-state index contributed by atoms with van der Waals surface area (Å²) in [4.78, 5) is 5.11. The molecule has 0 saturated carbocycles. The van der Waals surface area contributed by atoms with E-state index >= 15 is 0 Å². The minimum absolute atomic E-state index is 0.0962. The molecule has 1 saturated heterocycles. The predicted molar refractivity (Wildman–Crippen MR) is 106 cm³/mol. The van der Waals surface area contributed by atoms with Gasteiger partial charge < -0.3 is 10.6 Å². The van der Waals surface area contributed by atoms with E-state index in [9.17, 15) is 13.2 Å². The summed E-state index contributed by atoms with van der Waals surface area (Å²) in [6, 6.07) is 13.6. The van der Waals surface area contributed by atoms with Gasteiger partial charge in [0.2, 0.25) is 0 Å². The lowest BCUT2D eigenvalue weighted by Crippen LogP contribution is -2.50. The molecule has 0 atom stereocenters. The second-order valence-corrected chi connectivity index (χ2v) is 7.72. The molecule has 0 amide bonds. The number of nitrogens with one attached hydrogen (secondary N) is 1. The van der Waals surface area contributed by atoms with Crippen LogP contribution in [0.5, 0.6) is 0 Å². The molecule has 1 aliphatic rings. The number of guanidine groups is 1. The Bertz CT molecular complexity index is 817. The molecule has 0 spiro atoms. The van der Waals surface area contributed by atoms with Gasteiger partial charge in [0.15, 0.2) is 5.96 Å². The van der Waals surface area contributed by atoms with Crippen LogP contribution < -0.4 is 5.73 Å². The Morgan fingerprint density at radius 2 is 1.57 bits per heavy atom. The third-order valence-corrected chi connectivity index (χ3v) is 5.95. The highest BCUT2D eigenvalue weighted by Crippen LogP contribution is 2.35. The Balaban J connectivity index is 1.66. The summed E-state index contributed by atoms with van der Waals surface area (Å²) in [5, 5.41) is 7.51. The SMILES string of the molecule is N=C(N)N1CCN(Cc2ccccc2SCc2ccccc2C(F)(F)F)CC1. The molecule has 1 fully saturated rings. The number of halogens is 3. The fraction of sp³-hybridized carbons (Fsp3) is 0.350. The summed E-state index contributed by atoms with van der Waals surface area (Å²) in [6.45, 7) is 3.76. The largest absolute Gasteiger partial charge is 0.416 e. The summed E-state index contributed by atoms with van der Waals surface area (Å²) in [7, 11) is 0. The van der Waals surface area contributed by atoms with Crippen LogP contribution in [0.15, 0.2) is 53.4 Å². The number of benzene rings is 2. The first kappa shape index (κ1) is 20.5. The maximum absolute atomic E-state index is 13.2. The second-order valence-electron chi connectivity index (χ2n) is 6.70. The van der Waals surface area contributed by atoms with E-state index in [1.165, 1.54) is 17.8 Å². The molecule has 2 aromatic rings. The van der Waals surface area contributed by atoms with Crippen molar-refractivity contribution < 1.29 is 13.2 Å². The van der Waals surface area contributed by atoms with Crippen LogP contribution >= 0.6 is 11.8 Å². The van der Waals surface area contributed by atoms with Crippen molar-refractivity contribution >= 4 is 17.7 Å². The number of piperazine rings is 1. The van der Waals surface area contributed by atoms with E-state index in [1.807, 2.05) is 29.2 Å². The summed E-state index contributed by atoms with van der Waals surface area (Å²) in [5.41, 5.74) is 6.37. The van der Waals surface area contributed by atoms with E-state index in [4.69, 9.17) is 11.1 Å². The van der Waals surface area contributed by atoms with Crippen LogP contribution in [-0.2, 0) is 18.5 Å².